The van der Waals surface area contributed by atoms with Crippen LogP contribution in [0.5, 0.6) is 0 Å². The largest absolute Gasteiger partial charge is 0.459 e. The molecule has 3 aliphatic rings. The lowest BCUT2D eigenvalue weighted by atomic mass is 9.46. The average molecular weight is 402 g/mol. The van der Waals surface area contributed by atoms with E-state index >= 15 is 0 Å². The molecule has 0 spiro atoms. The Kier molecular flexibility index (Phi) is 5.60. The summed E-state index contributed by atoms with van der Waals surface area (Å²) < 4.78 is 11.0. The van der Waals surface area contributed by atoms with Crippen molar-refractivity contribution in [3.63, 3.8) is 0 Å². The predicted molar refractivity (Wildman–Crippen MR) is 107 cm³/mol. The molecule has 4 atom stereocenters. The topological polar surface area (TPSA) is 89.9 Å². The van der Waals surface area contributed by atoms with Crippen LogP contribution >= 0.6 is 0 Å². The number of ketones is 1. The van der Waals surface area contributed by atoms with Gasteiger partial charge in [0.15, 0.2) is 11.4 Å². The Labute approximate surface area is 171 Å². The van der Waals surface area contributed by atoms with Crippen LogP contribution in [0.1, 0.15) is 53.4 Å². The number of allylic oxidation sites excluding steroid dienone is 4. The third kappa shape index (κ3) is 3.48. The van der Waals surface area contributed by atoms with Crippen LogP contribution in [0, 0.1) is 16.7 Å². The highest BCUT2D eigenvalue weighted by Gasteiger charge is 2.69. The molecule has 1 heterocycles. The van der Waals surface area contributed by atoms with Crippen molar-refractivity contribution < 1.29 is 29.0 Å². The van der Waals surface area contributed by atoms with E-state index in [1.165, 1.54) is 6.08 Å². The highest BCUT2D eigenvalue weighted by Crippen LogP contribution is 2.63. The van der Waals surface area contributed by atoms with Gasteiger partial charge in [0.25, 0.3) is 0 Å². The lowest BCUT2D eigenvalue weighted by molar-refractivity contribution is -0.196. The fourth-order valence-corrected chi connectivity index (χ4v) is 5.61. The number of ether oxygens (including phenoxy) is 2. The van der Waals surface area contributed by atoms with Gasteiger partial charge >= 0.3 is 11.9 Å². The number of aliphatic hydroxyl groups is 1. The maximum absolute atomic E-state index is 12.5. The number of cyclic esters (lactones) is 1. The first-order valence-corrected chi connectivity index (χ1v) is 10.2. The van der Waals surface area contributed by atoms with Gasteiger partial charge in [0, 0.05) is 16.9 Å². The molecule has 3 rings (SSSR count). The van der Waals surface area contributed by atoms with Gasteiger partial charge in [0.1, 0.15) is 19.1 Å². The minimum absolute atomic E-state index is 0.00283. The summed E-state index contributed by atoms with van der Waals surface area (Å²) in [6, 6.07) is 0. The first-order chi connectivity index (χ1) is 13.6. The maximum Gasteiger partial charge on any atom is 0.343 e. The Morgan fingerprint density at radius 3 is 2.69 bits per heavy atom. The Balaban J connectivity index is 1.90. The minimum Gasteiger partial charge on any atom is -0.459 e. The monoisotopic (exact) mass is 402 g/mol. The van der Waals surface area contributed by atoms with Crippen molar-refractivity contribution in [3.8, 4) is 0 Å². The number of fused-ring (bicyclic) bond motifs is 3. The molecule has 1 N–H and O–H groups in total. The van der Waals surface area contributed by atoms with Gasteiger partial charge in [-0.25, -0.2) is 4.79 Å². The van der Waals surface area contributed by atoms with Gasteiger partial charge < -0.3 is 14.6 Å². The molecular formula is C23H30O6. The number of rotatable bonds is 5. The maximum atomic E-state index is 12.5. The molecule has 1 aliphatic heterocycles. The Hall–Kier alpha value is -2.21. The highest BCUT2D eigenvalue weighted by molar-refractivity contribution is 6.02. The second-order valence-corrected chi connectivity index (χ2v) is 9.20. The van der Waals surface area contributed by atoms with E-state index in [1.807, 2.05) is 13.8 Å². The highest BCUT2D eigenvalue weighted by atomic mass is 16.6. The summed E-state index contributed by atoms with van der Waals surface area (Å²) in [5.41, 5.74) is -2.32. The van der Waals surface area contributed by atoms with Crippen molar-refractivity contribution >= 4 is 17.7 Å². The van der Waals surface area contributed by atoms with Gasteiger partial charge in [-0.05, 0) is 37.3 Å². The smallest absolute Gasteiger partial charge is 0.343 e. The van der Waals surface area contributed by atoms with E-state index in [0.717, 1.165) is 12.8 Å². The standard InChI is InChI=1S/C23H30O6/c1-5-6-7-9-16(24)13-18(25)29-17-12-15-14-28-20(26)23(15,27)22(4)11-8-10-21(2,3)19(17)22/h5-7,9,12,17,19,27H,8,10-11,13-14H2,1-4H3/b6-5+,9-7+. The Bertz CT molecular complexity index is 804. The third-order valence-electron chi connectivity index (χ3n) is 6.86. The number of hydrogen-bond donors (Lipinski definition) is 1. The van der Waals surface area contributed by atoms with Crippen LogP contribution in [0.25, 0.3) is 0 Å². The molecule has 0 aromatic heterocycles. The summed E-state index contributed by atoms with van der Waals surface area (Å²) in [6.07, 6.45) is 9.50. The Morgan fingerprint density at radius 1 is 1.28 bits per heavy atom. The Morgan fingerprint density at radius 2 is 2.00 bits per heavy atom. The molecule has 0 aromatic rings. The zero-order valence-electron chi connectivity index (χ0n) is 17.6. The van der Waals surface area contributed by atoms with Gasteiger partial charge in [-0.2, -0.15) is 0 Å². The van der Waals surface area contributed by atoms with E-state index in [-0.39, 0.29) is 30.1 Å². The molecule has 6 heteroatoms. The van der Waals surface area contributed by atoms with Crippen LogP contribution in [0.4, 0.5) is 0 Å². The number of carbonyl (C=O) groups is 3. The number of hydrogen-bond acceptors (Lipinski definition) is 6. The molecule has 0 aromatic carbocycles. The molecule has 2 fully saturated rings. The van der Waals surface area contributed by atoms with Crippen LogP contribution in [-0.2, 0) is 23.9 Å². The van der Waals surface area contributed by atoms with Crippen molar-refractivity contribution in [1.29, 1.82) is 0 Å². The van der Waals surface area contributed by atoms with Crippen molar-refractivity contribution in [2.75, 3.05) is 6.61 Å². The quantitative estimate of drug-likeness (QED) is 0.250. The first-order valence-electron chi connectivity index (χ1n) is 10.2. The molecule has 0 bridgehead atoms. The van der Waals surface area contributed by atoms with Gasteiger partial charge in [-0.3, -0.25) is 9.59 Å². The van der Waals surface area contributed by atoms with E-state index in [9.17, 15) is 19.5 Å². The average Bonchev–Trinajstić information content (AvgIpc) is 2.91. The van der Waals surface area contributed by atoms with Gasteiger partial charge in [-0.15, -0.1) is 0 Å². The molecule has 158 valence electrons. The molecule has 6 nitrogen and oxygen atoms in total. The molecule has 0 radical (unpaired) electrons. The second kappa shape index (κ2) is 7.56. The van der Waals surface area contributed by atoms with E-state index in [1.54, 1.807) is 24.3 Å². The molecule has 29 heavy (non-hydrogen) atoms. The lowest BCUT2D eigenvalue weighted by Gasteiger charge is -2.59. The fourth-order valence-electron chi connectivity index (χ4n) is 5.61. The zero-order chi connectivity index (χ0) is 21.4. The predicted octanol–water partition coefficient (Wildman–Crippen LogP) is 3.05. The summed E-state index contributed by atoms with van der Waals surface area (Å²) in [7, 11) is 0. The van der Waals surface area contributed by atoms with Crippen LogP contribution < -0.4 is 0 Å². The molecule has 4 unspecified atom stereocenters. The molecular weight excluding hydrogens is 372 g/mol. The van der Waals surface area contributed by atoms with Gasteiger partial charge in [-0.1, -0.05) is 45.4 Å². The van der Waals surface area contributed by atoms with Crippen molar-refractivity contribution in [1.82, 2.24) is 0 Å². The van der Waals surface area contributed by atoms with E-state index in [4.69, 9.17) is 9.47 Å². The van der Waals surface area contributed by atoms with Gasteiger partial charge in [0.2, 0.25) is 0 Å². The second-order valence-electron chi connectivity index (χ2n) is 9.20. The van der Waals surface area contributed by atoms with Crippen LogP contribution in [-0.4, -0.2) is 41.1 Å². The summed E-state index contributed by atoms with van der Waals surface area (Å²) in [5, 5.41) is 11.4. The van der Waals surface area contributed by atoms with Crippen molar-refractivity contribution in [2.45, 2.75) is 65.1 Å². The molecule has 2 aliphatic carbocycles. The van der Waals surface area contributed by atoms with Crippen molar-refractivity contribution in [2.24, 2.45) is 16.7 Å². The molecule has 1 saturated carbocycles. The number of esters is 2. The first kappa shape index (κ1) is 21.5. The normalized spacial score (nSPS) is 35.8. The molecule has 1 saturated heterocycles. The summed E-state index contributed by atoms with van der Waals surface area (Å²) in [6.45, 7) is 7.87. The summed E-state index contributed by atoms with van der Waals surface area (Å²) >= 11 is 0. The van der Waals surface area contributed by atoms with E-state index < -0.39 is 29.1 Å². The lowest BCUT2D eigenvalue weighted by Crippen LogP contribution is -2.65. The van der Waals surface area contributed by atoms with Gasteiger partial charge in [0.05, 0.1) is 0 Å². The third-order valence-corrected chi connectivity index (χ3v) is 6.86. The molecule has 0 amide bonds. The summed E-state index contributed by atoms with van der Waals surface area (Å²) in [5.74, 6) is -1.84. The van der Waals surface area contributed by atoms with Crippen LogP contribution in [0.15, 0.2) is 36.0 Å². The minimum atomic E-state index is -1.69. The number of carbonyl (C=O) groups excluding carboxylic acids is 3. The fraction of sp³-hybridized carbons (Fsp3) is 0.609. The summed E-state index contributed by atoms with van der Waals surface area (Å²) in [4.78, 5) is 37.0. The van der Waals surface area contributed by atoms with E-state index in [0.29, 0.717) is 12.0 Å². The van der Waals surface area contributed by atoms with Crippen LogP contribution in [0.2, 0.25) is 0 Å². The zero-order valence-corrected chi connectivity index (χ0v) is 17.6. The SMILES string of the molecule is C/C=C/C=C/C(=O)CC(=O)OC1C=C2COC(=O)C2(O)C2(C)CCCC(C)(C)C12. The van der Waals surface area contributed by atoms with Crippen LogP contribution in [0.3, 0.4) is 0 Å². The van der Waals surface area contributed by atoms with Crippen molar-refractivity contribution in [3.05, 3.63) is 36.0 Å². The van der Waals surface area contributed by atoms with E-state index in [2.05, 4.69) is 13.8 Å².